The highest BCUT2D eigenvalue weighted by Gasteiger charge is 2.30. The number of ether oxygens (including phenoxy) is 1. The molecule has 2 atom stereocenters. The van der Waals surface area contributed by atoms with E-state index in [9.17, 15) is 0 Å². The number of methoxy groups -OCH3 is 1. The van der Waals surface area contributed by atoms with Crippen LogP contribution in [0.4, 0.5) is 0 Å². The monoisotopic (exact) mass is 424 g/mol. The van der Waals surface area contributed by atoms with Gasteiger partial charge in [0.15, 0.2) is 0 Å². The molecule has 0 bridgehead atoms. The second-order valence-corrected chi connectivity index (χ2v) is 7.62. The maximum atomic E-state index is 9.06. The van der Waals surface area contributed by atoms with E-state index in [-0.39, 0.29) is 5.41 Å². The molecule has 1 unspecified atom stereocenters. The minimum absolute atomic E-state index is 0.0195. The van der Waals surface area contributed by atoms with E-state index in [1.165, 1.54) is 6.08 Å². The van der Waals surface area contributed by atoms with Gasteiger partial charge in [-0.15, -0.1) is 0 Å². The average molecular weight is 425 g/mol. The highest BCUT2D eigenvalue weighted by atomic mass is 16.5. The van der Waals surface area contributed by atoms with Gasteiger partial charge in [-0.1, -0.05) is 103 Å². The third kappa shape index (κ3) is 12.1. The van der Waals surface area contributed by atoms with Gasteiger partial charge in [0.05, 0.1) is 6.61 Å². The van der Waals surface area contributed by atoms with E-state index in [1.807, 2.05) is 26.0 Å². The first-order valence-electron chi connectivity index (χ1n) is 11.0. The van der Waals surface area contributed by atoms with Crippen molar-refractivity contribution in [3.05, 3.63) is 97.2 Å². The largest absolute Gasteiger partial charge is 0.384 e. The van der Waals surface area contributed by atoms with Crippen molar-refractivity contribution in [2.75, 3.05) is 13.7 Å². The SMILES string of the molecule is C=C(/C=C\C(=C)C(=C)/C(=C\C(=C)[C@@]1(C)C=CC(C)C1)CCOC)CC.C=CC=O.CC. The summed E-state index contributed by atoms with van der Waals surface area (Å²) >= 11 is 0. The first-order chi connectivity index (χ1) is 14.6. The highest BCUT2D eigenvalue weighted by Crippen LogP contribution is 2.42. The third-order valence-electron chi connectivity index (χ3n) is 5.04. The van der Waals surface area contributed by atoms with E-state index < -0.39 is 0 Å². The van der Waals surface area contributed by atoms with Crippen LogP contribution in [0.15, 0.2) is 97.2 Å². The van der Waals surface area contributed by atoms with Crippen LogP contribution in [-0.2, 0) is 9.53 Å². The van der Waals surface area contributed by atoms with Crippen molar-refractivity contribution in [2.24, 2.45) is 11.3 Å². The van der Waals surface area contributed by atoms with Crippen LogP contribution in [0.2, 0.25) is 0 Å². The fourth-order valence-corrected chi connectivity index (χ4v) is 2.96. The molecule has 0 aliphatic heterocycles. The van der Waals surface area contributed by atoms with Crippen molar-refractivity contribution < 1.29 is 9.53 Å². The van der Waals surface area contributed by atoms with Crippen LogP contribution >= 0.6 is 0 Å². The van der Waals surface area contributed by atoms with Crippen molar-refractivity contribution in [1.29, 1.82) is 0 Å². The summed E-state index contributed by atoms with van der Waals surface area (Å²) in [5.41, 5.74) is 5.21. The fraction of sp³-hybridized carbons (Fsp3) is 0.414. The van der Waals surface area contributed by atoms with Gasteiger partial charge >= 0.3 is 0 Å². The number of aldehydes is 1. The topological polar surface area (TPSA) is 26.3 Å². The molecular formula is C29H44O2. The van der Waals surface area contributed by atoms with E-state index in [2.05, 4.69) is 71.9 Å². The molecule has 172 valence electrons. The molecule has 0 radical (unpaired) electrons. The Bertz CT molecular complexity index is 709. The minimum atomic E-state index is 0.0195. The lowest BCUT2D eigenvalue weighted by Crippen LogP contribution is -2.13. The van der Waals surface area contributed by atoms with Crippen molar-refractivity contribution in [2.45, 2.75) is 53.9 Å². The summed E-state index contributed by atoms with van der Waals surface area (Å²) in [6.07, 6.45) is 15.4. The molecule has 0 spiro atoms. The summed E-state index contributed by atoms with van der Waals surface area (Å²) in [7, 11) is 1.72. The number of rotatable bonds is 11. The summed E-state index contributed by atoms with van der Waals surface area (Å²) in [5.74, 6) is 0.596. The molecule has 1 aliphatic carbocycles. The lowest BCUT2D eigenvalue weighted by Gasteiger charge is -2.25. The molecule has 0 amide bonds. The molecule has 1 rings (SSSR count). The Morgan fingerprint density at radius 2 is 1.77 bits per heavy atom. The Hall–Kier alpha value is -2.45. The summed E-state index contributed by atoms with van der Waals surface area (Å²) in [5, 5.41) is 0. The Balaban J connectivity index is 0. The number of carbonyl (C=O) groups is 1. The number of allylic oxidation sites excluding steroid dienone is 10. The van der Waals surface area contributed by atoms with Gasteiger partial charge in [-0.05, 0) is 53.5 Å². The summed E-state index contributed by atoms with van der Waals surface area (Å²) in [6.45, 7) is 31.1. The van der Waals surface area contributed by atoms with Gasteiger partial charge in [-0.25, -0.2) is 0 Å². The fourth-order valence-electron chi connectivity index (χ4n) is 2.96. The van der Waals surface area contributed by atoms with Crippen LogP contribution in [0, 0.1) is 11.3 Å². The van der Waals surface area contributed by atoms with Crippen LogP contribution in [-0.4, -0.2) is 20.0 Å². The molecule has 0 aromatic carbocycles. The summed E-state index contributed by atoms with van der Waals surface area (Å²) in [6, 6.07) is 0. The number of hydrogen-bond acceptors (Lipinski definition) is 2. The van der Waals surface area contributed by atoms with Crippen LogP contribution in [0.3, 0.4) is 0 Å². The first kappa shape index (κ1) is 30.7. The van der Waals surface area contributed by atoms with E-state index in [0.29, 0.717) is 18.8 Å². The van der Waals surface area contributed by atoms with E-state index >= 15 is 0 Å². The summed E-state index contributed by atoms with van der Waals surface area (Å²) in [4.78, 5) is 9.06. The lowest BCUT2D eigenvalue weighted by atomic mass is 9.79. The molecule has 31 heavy (non-hydrogen) atoms. The van der Waals surface area contributed by atoms with Crippen LogP contribution < -0.4 is 0 Å². The van der Waals surface area contributed by atoms with Crippen LogP contribution in [0.5, 0.6) is 0 Å². The van der Waals surface area contributed by atoms with E-state index in [1.54, 1.807) is 7.11 Å². The van der Waals surface area contributed by atoms with Gasteiger partial charge in [0.1, 0.15) is 6.29 Å². The number of hydrogen-bond donors (Lipinski definition) is 0. The second-order valence-electron chi connectivity index (χ2n) is 7.62. The molecule has 0 fully saturated rings. The zero-order valence-electron chi connectivity index (χ0n) is 20.8. The lowest BCUT2D eigenvalue weighted by molar-refractivity contribution is -0.104. The Kier molecular flexibility index (Phi) is 17.1. The highest BCUT2D eigenvalue weighted by molar-refractivity contribution is 5.63. The molecule has 2 nitrogen and oxygen atoms in total. The maximum Gasteiger partial charge on any atom is 0.142 e. The second kappa shape index (κ2) is 17.3. The van der Waals surface area contributed by atoms with Crippen molar-refractivity contribution >= 4 is 6.29 Å². The van der Waals surface area contributed by atoms with Crippen molar-refractivity contribution in [3.8, 4) is 0 Å². The Labute approximate surface area is 192 Å². The summed E-state index contributed by atoms with van der Waals surface area (Å²) < 4.78 is 5.28. The molecule has 0 aromatic heterocycles. The van der Waals surface area contributed by atoms with Gasteiger partial charge in [-0.3, -0.25) is 4.79 Å². The predicted octanol–water partition coefficient (Wildman–Crippen LogP) is 8.14. The predicted molar refractivity (Wildman–Crippen MR) is 139 cm³/mol. The minimum Gasteiger partial charge on any atom is -0.384 e. The third-order valence-corrected chi connectivity index (χ3v) is 5.04. The zero-order valence-corrected chi connectivity index (χ0v) is 20.8. The molecule has 2 heteroatoms. The van der Waals surface area contributed by atoms with E-state index in [0.717, 1.165) is 47.1 Å². The standard InChI is InChI=1S/C24H34O.C3H4O.C2H6/c1-9-18(2)10-11-20(4)22(6)23(13-15-25-8)16-21(5)24(7)14-12-19(3)17-24;1-2-3-4;1-2/h10-12,14,16,19H,2,4-6,9,13,15,17H2,1,3,7-8H3;2-3H,1H2;1-2H3/b11-10-,23-16-;;/t19?,24-;;/m0../s1. The average Bonchev–Trinajstić information content (AvgIpc) is 3.15. The Morgan fingerprint density at radius 3 is 2.19 bits per heavy atom. The molecular weight excluding hydrogens is 380 g/mol. The zero-order chi connectivity index (χ0) is 24.4. The molecule has 0 N–H and O–H groups in total. The van der Waals surface area contributed by atoms with Crippen LogP contribution in [0.25, 0.3) is 0 Å². The molecule has 0 aromatic rings. The van der Waals surface area contributed by atoms with Gasteiger partial charge < -0.3 is 4.74 Å². The van der Waals surface area contributed by atoms with Crippen LogP contribution in [0.1, 0.15) is 53.9 Å². The smallest absolute Gasteiger partial charge is 0.142 e. The quantitative estimate of drug-likeness (QED) is 0.145. The van der Waals surface area contributed by atoms with Gasteiger partial charge in [-0.2, -0.15) is 0 Å². The van der Waals surface area contributed by atoms with Gasteiger partial charge in [0, 0.05) is 12.5 Å². The molecule has 1 aliphatic rings. The molecule has 0 saturated heterocycles. The molecule has 0 heterocycles. The van der Waals surface area contributed by atoms with E-state index in [4.69, 9.17) is 9.53 Å². The van der Waals surface area contributed by atoms with Crippen molar-refractivity contribution in [1.82, 2.24) is 0 Å². The van der Waals surface area contributed by atoms with Gasteiger partial charge in [0.2, 0.25) is 0 Å². The maximum absolute atomic E-state index is 9.06. The Morgan fingerprint density at radius 1 is 1.19 bits per heavy atom. The first-order valence-corrected chi connectivity index (χ1v) is 11.0. The normalized spacial score (nSPS) is 19.5. The molecule has 0 saturated carbocycles. The van der Waals surface area contributed by atoms with Crippen molar-refractivity contribution in [3.63, 3.8) is 0 Å². The van der Waals surface area contributed by atoms with Gasteiger partial charge in [0.25, 0.3) is 0 Å². The number of carbonyl (C=O) groups excluding carboxylic acids is 1.